The van der Waals surface area contributed by atoms with E-state index < -0.39 is 0 Å². The molecule has 1 amide bonds. The van der Waals surface area contributed by atoms with Crippen LogP contribution in [0.15, 0.2) is 41.2 Å². The molecule has 0 unspecified atom stereocenters. The van der Waals surface area contributed by atoms with E-state index in [1.807, 2.05) is 24.3 Å². The molecule has 88 valence electrons. The number of para-hydroxylation sites is 1. The average Bonchev–Trinajstić information content (AvgIpc) is 2.32. The maximum absolute atomic E-state index is 11.8. The van der Waals surface area contributed by atoms with E-state index in [1.165, 1.54) is 15.5 Å². The molecule has 1 aromatic carbocycles. The molecule has 0 radical (unpaired) electrons. The van der Waals surface area contributed by atoms with Crippen LogP contribution in [0.1, 0.15) is 0 Å². The lowest BCUT2D eigenvalue weighted by Gasteiger charge is -2.13. The highest BCUT2D eigenvalue weighted by Crippen LogP contribution is 2.10. The molecule has 2 aromatic rings. The van der Waals surface area contributed by atoms with Crippen molar-refractivity contribution in [2.24, 2.45) is 0 Å². The van der Waals surface area contributed by atoms with Crippen molar-refractivity contribution in [3.05, 3.63) is 46.8 Å². The van der Waals surface area contributed by atoms with Crippen molar-refractivity contribution in [3.8, 4) is 0 Å². The lowest BCUT2D eigenvalue weighted by Crippen LogP contribution is -2.31. The zero-order valence-electron chi connectivity index (χ0n) is 9.88. The summed E-state index contributed by atoms with van der Waals surface area (Å²) in [5.41, 5.74) is 0.633. The highest BCUT2D eigenvalue weighted by molar-refractivity contribution is 5.82. The molecule has 0 saturated heterocycles. The molecule has 0 aliphatic carbocycles. The molecular weight excluding hydrogens is 216 g/mol. The fourth-order valence-corrected chi connectivity index (χ4v) is 1.68. The Hall–Kier alpha value is -2.10. The first-order chi connectivity index (χ1) is 8.09. The average molecular weight is 230 g/mol. The van der Waals surface area contributed by atoms with Crippen LogP contribution < -0.4 is 5.56 Å². The van der Waals surface area contributed by atoms with Gasteiger partial charge in [-0.15, -0.1) is 0 Å². The smallest absolute Gasteiger partial charge is 0.251 e. The van der Waals surface area contributed by atoms with Gasteiger partial charge < -0.3 is 4.90 Å². The fraction of sp³-hybridized carbons (Fsp3) is 0.231. The van der Waals surface area contributed by atoms with Gasteiger partial charge >= 0.3 is 0 Å². The SMILES string of the molecule is CN(C)C(=O)Cn1c(=O)ccc2ccccc21. The van der Waals surface area contributed by atoms with Crippen molar-refractivity contribution in [1.82, 2.24) is 9.47 Å². The topological polar surface area (TPSA) is 42.3 Å². The molecule has 0 atom stereocenters. The number of carbonyl (C=O) groups excluding carboxylic acids is 1. The molecule has 1 heterocycles. The normalized spacial score (nSPS) is 10.5. The quantitative estimate of drug-likeness (QED) is 0.775. The maximum atomic E-state index is 11.8. The van der Waals surface area contributed by atoms with Crippen LogP contribution in [-0.2, 0) is 11.3 Å². The third kappa shape index (κ3) is 2.20. The van der Waals surface area contributed by atoms with Crippen molar-refractivity contribution in [1.29, 1.82) is 0 Å². The lowest BCUT2D eigenvalue weighted by molar-refractivity contribution is -0.129. The molecule has 4 nitrogen and oxygen atoms in total. The minimum atomic E-state index is -0.154. The third-order valence-corrected chi connectivity index (χ3v) is 2.69. The van der Waals surface area contributed by atoms with Crippen molar-refractivity contribution >= 4 is 16.8 Å². The maximum Gasteiger partial charge on any atom is 0.251 e. The van der Waals surface area contributed by atoms with Crippen LogP contribution in [-0.4, -0.2) is 29.5 Å². The summed E-state index contributed by atoms with van der Waals surface area (Å²) in [6.45, 7) is 0.0766. The van der Waals surface area contributed by atoms with Crippen LogP contribution in [0.25, 0.3) is 10.9 Å². The van der Waals surface area contributed by atoms with Crippen LogP contribution in [0, 0.1) is 0 Å². The van der Waals surface area contributed by atoms with Gasteiger partial charge in [-0.25, -0.2) is 0 Å². The van der Waals surface area contributed by atoms with Crippen LogP contribution in [0.3, 0.4) is 0 Å². The van der Waals surface area contributed by atoms with E-state index in [2.05, 4.69) is 0 Å². The predicted molar refractivity (Wildman–Crippen MR) is 66.9 cm³/mol. The summed E-state index contributed by atoms with van der Waals surface area (Å²) < 4.78 is 1.50. The second kappa shape index (κ2) is 4.41. The van der Waals surface area contributed by atoms with E-state index in [9.17, 15) is 9.59 Å². The van der Waals surface area contributed by atoms with Gasteiger partial charge in [-0.05, 0) is 17.5 Å². The second-order valence-corrected chi connectivity index (χ2v) is 4.10. The third-order valence-electron chi connectivity index (χ3n) is 2.69. The van der Waals surface area contributed by atoms with E-state index in [1.54, 1.807) is 20.2 Å². The number of carbonyl (C=O) groups is 1. The molecule has 0 aliphatic rings. The summed E-state index contributed by atoms with van der Waals surface area (Å²) in [6.07, 6.45) is 0. The number of hydrogen-bond acceptors (Lipinski definition) is 2. The van der Waals surface area contributed by atoms with Crippen LogP contribution in [0.2, 0.25) is 0 Å². The van der Waals surface area contributed by atoms with E-state index in [0.29, 0.717) is 0 Å². The van der Waals surface area contributed by atoms with Crippen molar-refractivity contribution in [2.75, 3.05) is 14.1 Å². The number of hydrogen-bond donors (Lipinski definition) is 0. The van der Waals surface area contributed by atoms with Gasteiger partial charge in [0.15, 0.2) is 0 Å². The minimum Gasteiger partial charge on any atom is -0.347 e. The lowest BCUT2D eigenvalue weighted by atomic mass is 10.2. The van der Waals surface area contributed by atoms with Gasteiger partial charge in [0.25, 0.3) is 5.56 Å². The molecule has 1 aromatic heterocycles. The number of pyridine rings is 1. The zero-order chi connectivity index (χ0) is 12.4. The largest absolute Gasteiger partial charge is 0.347 e. The van der Waals surface area contributed by atoms with Crippen LogP contribution in [0.4, 0.5) is 0 Å². The Kier molecular flexibility index (Phi) is 2.95. The van der Waals surface area contributed by atoms with Crippen molar-refractivity contribution < 1.29 is 4.79 Å². The first-order valence-corrected chi connectivity index (χ1v) is 5.38. The summed E-state index contributed by atoms with van der Waals surface area (Å²) in [4.78, 5) is 24.9. The van der Waals surface area contributed by atoms with E-state index in [0.717, 1.165) is 10.9 Å². The predicted octanol–water partition coefficient (Wildman–Crippen LogP) is 1.09. The summed E-state index contributed by atoms with van der Waals surface area (Å²) in [5.74, 6) is -0.0940. The van der Waals surface area contributed by atoms with Gasteiger partial charge in [0.05, 0.1) is 5.52 Å². The molecule has 0 spiro atoms. The Morgan fingerprint density at radius 2 is 1.88 bits per heavy atom. The molecule has 0 fully saturated rings. The van der Waals surface area contributed by atoms with Crippen molar-refractivity contribution in [2.45, 2.75) is 6.54 Å². The van der Waals surface area contributed by atoms with E-state index in [-0.39, 0.29) is 18.0 Å². The van der Waals surface area contributed by atoms with E-state index >= 15 is 0 Å². The Morgan fingerprint density at radius 3 is 2.59 bits per heavy atom. The zero-order valence-corrected chi connectivity index (χ0v) is 9.88. The Morgan fingerprint density at radius 1 is 1.18 bits per heavy atom. The molecule has 0 N–H and O–H groups in total. The highest BCUT2D eigenvalue weighted by atomic mass is 16.2. The number of benzene rings is 1. The summed E-state index contributed by atoms with van der Waals surface area (Å²) in [6, 6.07) is 10.8. The minimum absolute atomic E-state index is 0.0766. The monoisotopic (exact) mass is 230 g/mol. The Bertz CT molecular complexity index is 614. The first kappa shape index (κ1) is 11.4. The van der Waals surface area contributed by atoms with Gasteiger partial charge in [-0.1, -0.05) is 18.2 Å². The number of aromatic nitrogens is 1. The second-order valence-electron chi connectivity index (χ2n) is 4.10. The van der Waals surface area contributed by atoms with Gasteiger partial charge in [0.2, 0.25) is 5.91 Å². The Labute approximate surface area is 99.1 Å². The molecule has 0 saturated carbocycles. The fourth-order valence-electron chi connectivity index (χ4n) is 1.68. The summed E-state index contributed by atoms with van der Waals surface area (Å²) in [7, 11) is 3.36. The highest BCUT2D eigenvalue weighted by Gasteiger charge is 2.08. The summed E-state index contributed by atoms with van der Waals surface area (Å²) in [5, 5.41) is 0.957. The number of amides is 1. The molecule has 2 rings (SSSR count). The van der Waals surface area contributed by atoms with E-state index in [4.69, 9.17) is 0 Å². The number of rotatable bonds is 2. The summed E-state index contributed by atoms with van der Waals surface area (Å²) >= 11 is 0. The molecule has 0 aliphatic heterocycles. The molecule has 4 heteroatoms. The van der Waals surface area contributed by atoms with Crippen molar-refractivity contribution in [3.63, 3.8) is 0 Å². The number of fused-ring (bicyclic) bond motifs is 1. The molecule has 0 bridgehead atoms. The first-order valence-electron chi connectivity index (χ1n) is 5.38. The molecular formula is C13H14N2O2. The van der Waals surface area contributed by atoms with Gasteiger partial charge in [-0.3, -0.25) is 14.2 Å². The standard InChI is InChI=1S/C13H14N2O2/c1-14(2)13(17)9-15-11-6-4-3-5-10(11)7-8-12(15)16/h3-8H,9H2,1-2H3. The van der Waals surface area contributed by atoms with Gasteiger partial charge in [0, 0.05) is 20.2 Å². The number of nitrogens with zero attached hydrogens (tertiary/aromatic N) is 2. The van der Waals surface area contributed by atoms with Crippen LogP contribution >= 0.6 is 0 Å². The Balaban J connectivity index is 2.55. The van der Waals surface area contributed by atoms with Crippen LogP contribution in [0.5, 0.6) is 0 Å². The number of likely N-dealkylation sites (N-methyl/N-ethyl adjacent to an activating group) is 1. The van der Waals surface area contributed by atoms with Gasteiger partial charge in [-0.2, -0.15) is 0 Å². The molecule has 17 heavy (non-hydrogen) atoms. The van der Waals surface area contributed by atoms with Gasteiger partial charge in [0.1, 0.15) is 6.54 Å².